The van der Waals surface area contributed by atoms with Crippen molar-refractivity contribution in [2.24, 2.45) is 11.8 Å². The Morgan fingerprint density at radius 1 is 0.292 bits per heavy atom. The van der Waals surface area contributed by atoms with E-state index >= 15 is 0 Å². The summed E-state index contributed by atoms with van der Waals surface area (Å²) < 4.78 is 16.9. The lowest BCUT2D eigenvalue weighted by atomic mass is 10.0. The smallest absolute Gasteiger partial charge is 0.306 e. The van der Waals surface area contributed by atoms with Crippen LogP contribution in [0.5, 0.6) is 0 Å². The number of ether oxygens (including phenoxy) is 3. The summed E-state index contributed by atoms with van der Waals surface area (Å²) in [5.74, 6) is 0.826. The molecule has 0 saturated heterocycles. The standard InChI is InChI=1S/C59H114O6/c1-6-7-8-9-10-11-12-13-14-15-16-19-24-29-34-39-44-49-57(60)63-52-56(53-64-58(61)50-45-40-35-30-26-21-23-28-33-38-43-48-55(4)5)65-59(62)51-46-41-36-31-25-20-17-18-22-27-32-37-42-47-54(2)3/h54-56H,6-53H2,1-5H3/t56-/m0/s1. The lowest BCUT2D eigenvalue weighted by Crippen LogP contribution is -2.30. The van der Waals surface area contributed by atoms with Crippen molar-refractivity contribution in [1.29, 1.82) is 0 Å². The average molecular weight is 920 g/mol. The van der Waals surface area contributed by atoms with Crippen molar-refractivity contribution in [2.75, 3.05) is 13.2 Å². The minimum atomic E-state index is -0.763. The zero-order valence-corrected chi connectivity index (χ0v) is 44.6. The molecule has 65 heavy (non-hydrogen) atoms. The molecule has 0 aliphatic heterocycles. The molecule has 1 atom stereocenters. The normalized spacial score (nSPS) is 12.0. The Morgan fingerprint density at radius 2 is 0.508 bits per heavy atom. The van der Waals surface area contributed by atoms with E-state index in [0.717, 1.165) is 69.6 Å². The first-order valence-corrected chi connectivity index (χ1v) is 29.2. The highest BCUT2D eigenvalue weighted by atomic mass is 16.6. The lowest BCUT2D eigenvalue weighted by Gasteiger charge is -2.18. The van der Waals surface area contributed by atoms with Crippen LogP contribution >= 0.6 is 0 Å². The molecule has 386 valence electrons. The number of hydrogen-bond donors (Lipinski definition) is 0. The van der Waals surface area contributed by atoms with E-state index in [2.05, 4.69) is 34.6 Å². The average Bonchev–Trinajstić information content (AvgIpc) is 3.28. The van der Waals surface area contributed by atoms with Crippen molar-refractivity contribution in [1.82, 2.24) is 0 Å². The van der Waals surface area contributed by atoms with Gasteiger partial charge in [-0.3, -0.25) is 14.4 Å². The van der Waals surface area contributed by atoms with Crippen LogP contribution in [0.4, 0.5) is 0 Å². The van der Waals surface area contributed by atoms with Crippen LogP contribution in [0.15, 0.2) is 0 Å². The predicted molar refractivity (Wildman–Crippen MR) is 280 cm³/mol. The topological polar surface area (TPSA) is 78.9 Å². The van der Waals surface area contributed by atoms with Gasteiger partial charge in [0.1, 0.15) is 13.2 Å². The Balaban J connectivity index is 4.30. The Morgan fingerprint density at radius 3 is 0.754 bits per heavy atom. The van der Waals surface area contributed by atoms with Crippen LogP contribution < -0.4 is 0 Å². The van der Waals surface area contributed by atoms with Gasteiger partial charge in [0.25, 0.3) is 0 Å². The van der Waals surface area contributed by atoms with Crippen LogP contribution in [0, 0.1) is 11.8 Å². The fourth-order valence-electron chi connectivity index (χ4n) is 9.05. The number of carbonyl (C=O) groups excluding carboxylic acids is 3. The fourth-order valence-corrected chi connectivity index (χ4v) is 9.05. The molecular weight excluding hydrogens is 805 g/mol. The largest absolute Gasteiger partial charge is 0.462 e. The second-order valence-corrected chi connectivity index (χ2v) is 21.2. The van der Waals surface area contributed by atoms with Gasteiger partial charge in [-0.05, 0) is 31.1 Å². The third kappa shape index (κ3) is 53.2. The van der Waals surface area contributed by atoms with Gasteiger partial charge >= 0.3 is 17.9 Å². The van der Waals surface area contributed by atoms with E-state index in [-0.39, 0.29) is 31.1 Å². The van der Waals surface area contributed by atoms with Crippen LogP contribution in [0.2, 0.25) is 0 Å². The van der Waals surface area contributed by atoms with Gasteiger partial charge in [0, 0.05) is 19.3 Å². The maximum Gasteiger partial charge on any atom is 0.306 e. The predicted octanol–water partition coefficient (Wildman–Crippen LogP) is 19.3. The summed E-state index contributed by atoms with van der Waals surface area (Å²) in [6, 6.07) is 0. The molecule has 0 fully saturated rings. The third-order valence-electron chi connectivity index (χ3n) is 13.5. The zero-order valence-electron chi connectivity index (χ0n) is 44.6. The minimum absolute atomic E-state index is 0.0626. The van der Waals surface area contributed by atoms with Crippen molar-refractivity contribution in [2.45, 2.75) is 336 Å². The van der Waals surface area contributed by atoms with Crippen LogP contribution in [0.3, 0.4) is 0 Å². The van der Waals surface area contributed by atoms with Crippen LogP contribution in [-0.2, 0) is 28.6 Å². The van der Waals surface area contributed by atoms with Gasteiger partial charge in [-0.15, -0.1) is 0 Å². The maximum absolute atomic E-state index is 12.9. The van der Waals surface area contributed by atoms with Crippen molar-refractivity contribution < 1.29 is 28.6 Å². The maximum atomic E-state index is 12.9. The summed E-state index contributed by atoms with van der Waals surface area (Å²) >= 11 is 0. The van der Waals surface area contributed by atoms with Crippen molar-refractivity contribution in [3.63, 3.8) is 0 Å². The second kappa shape index (κ2) is 51.8. The van der Waals surface area contributed by atoms with Crippen molar-refractivity contribution in [3.05, 3.63) is 0 Å². The molecule has 0 amide bonds. The van der Waals surface area contributed by atoms with Gasteiger partial charge in [-0.2, -0.15) is 0 Å². The molecule has 0 aromatic rings. The van der Waals surface area contributed by atoms with Crippen LogP contribution in [0.1, 0.15) is 330 Å². The summed E-state index contributed by atoms with van der Waals surface area (Å²) in [7, 11) is 0. The minimum Gasteiger partial charge on any atom is -0.462 e. The molecule has 0 N–H and O–H groups in total. The summed E-state index contributed by atoms with van der Waals surface area (Å²) in [6.07, 6.45) is 55.2. The number of esters is 3. The van der Waals surface area contributed by atoms with Gasteiger partial charge in [-0.25, -0.2) is 0 Å². The highest BCUT2D eigenvalue weighted by Gasteiger charge is 2.19. The summed E-state index contributed by atoms with van der Waals surface area (Å²) in [4.78, 5) is 38.2. The first-order valence-electron chi connectivity index (χ1n) is 29.2. The first kappa shape index (κ1) is 63.4. The molecule has 0 unspecified atom stereocenters. The molecule has 0 heterocycles. The fraction of sp³-hybridized carbons (Fsp3) is 0.949. The van der Waals surface area contributed by atoms with Crippen molar-refractivity contribution >= 4 is 17.9 Å². The van der Waals surface area contributed by atoms with E-state index in [0.29, 0.717) is 19.3 Å². The molecule has 0 aliphatic rings. The van der Waals surface area contributed by atoms with E-state index in [1.54, 1.807) is 0 Å². The molecule has 0 saturated carbocycles. The zero-order chi connectivity index (χ0) is 47.5. The number of carbonyl (C=O) groups is 3. The van der Waals surface area contributed by atoms with Crippen molar-refractivity contribution in [3.8, 4) is 0 Å². The molecule has 0 radical (unpaired) electrons. The quantitative estimate of drug-likeness (QED) is 0.0344. The molecule has 0 aromatic heterocycles. The van der Waals surface area contributed by atoms with Gasteiger partial charge in [0.05, 0.1) is 0 Å². The molecule has 6 nitrogen and oxygen atoms in total. The van der Waals surface area contributed by atoms with Gasteiger partial charge in [0.2, 0.25) is 0 Å². The third-order valence-corrected chi connectivity index (χ3v) is 13.5. The molecule has 6 heteroatoms. The molecule has 0 aromatic carbocycles. The number of rotatable bonds is 53. The van der Waals surface area contributed by atoms with Crippen LogP contribution in [0.25, 0.3) is 0 Å². The van der Waals surface area contributed by atoms with Crippen LogP contribution in [-0.4, -0.2) is 37.2 Å². The molecule has 0 rings (SSSR count). The van der Waals surface area contributed by atoms with E-state index in [1.807, 2.05) is 0 Å². The Labute approximate surface area is 406 Å². The van der Waals surface area contributed by atoms with E-state index in [9.17, 15) is 14.4 Å². The Kier molecular flexibility index (Phi) is 50.5. The summed E-state index contributed by atoms with van der Waals surface area (Å²) in [6.45, 7) is 11.4. The van der Waals surface area contributed by atoms with Gasteiger partial charge in [0.15, 0.2) is 6.10 Å². The second-order valence-electron chi connectivity index (χ2n) is 21.2. The highest BCUT2D eigenvalue weighted by Crippen LogP contribution is 2.18. The van der Waals surface area contributed by atoms with E-state index in [1.165, 1.54) is 218 Å². The molecular formula is C59H114O6. The molecule has 0 aliphatic carbocycles. The van der Waals surface area contributed by atoms with Gasteiger partial charge < -0.3 is 14.2 Å². The monoisotopic (exact) mass is 919 g/mol. The molecule has 0 spiro atoms. The number of unbranched alkanes of at least 4 members (excludes halogenated alkanes) is 38. The van der Waals surface area contributed by atoms with E-state index < -0.39 is 6.10 Å². The first-order chi connectivity index (χ1) is 31.7. The van der Waals surface area contributed by atoms with E-state index in [4.69, 9.17) is 14.2 Å². The molecule has 0 bridgehead atoms. The lowest BCUT2D eigenvalue weighted by molar-refractivity contribution is -0.167. The Hall–Kier alpha value is -1.59. The summed E-state index contributed by atoms with van der Waals surface area (Å²) in [5.41, 5.74) is 0. The summed E-state index contributed by atoms with van der Waals surface area (Å²) in [5, 5.41) is 0. The number of hydrogen-bond acceptors (Lipinski definition) is 6. The SMILES string of the molecule is CCCCCCCCCCCCCCCCCCCC(=O)OC[C@@H](COC(=O)CCCCCCCCCCCCCC(C)C)OC(=O)CCCCCCCCCCCCCCCC(C)C. The Bertz CT molecular complexity index is 993. The van der Waals surface area contributed by atoms with Gasteiger partial charge in [-0.1, -0.05) is 291 Å². The highest BCUT2D eigenvalue weighted by molar-refractivity contribution is 5.71.